The lowest BCUT2D eigenvalue weighted by atomic mass is 9.96. The highest BCUT2D eigenvalue weighted by Crippen LogP contribution is 2.23. The number of nitrogens with zero attached hydrogens (tertiary/aromatic N) is 3. The zero-order valence-electron chi connectivity index (χ0n) is 14.6. The minimum absolute atomic E-state index is 0.166. The van der Waals surface area contributed by atoms with Gasteiger partial charge >= 0.3 is 0 Å². The van der Waals surface area contributed by atoms with Crippen LogP contribution in [-0.4, -0.2) is 26.9 Å². The van der Waals surface area contributed by atoms with E-state index in [0.717, 1.165) is 42.3 Å². The first-order valence-electron chi connectivity index (χ1n) is 8.86. The number of hydrogen-bond donors (Lipinski definition) is 1. The number of fused-ring (bicyclic) bond motifs is 2. The molecule has 1 aliphatic rings. The lowest BCUT2D eigenvalue weighted by molar-refractivity contribution is 0.0897. The zero-order chi connectivity index (χ0) is 18.1. The molecule has 1 atom stereocenters. The summed E-state index contributed by atoms with van der Waals surface area (Å²) in [5.41, 5.74) is 1.64. The maximum Gasteiger partial charge on any atom is 0.290 e. The first-order chi connectivity index (χ1) is 12.6. The summed E-state index contributed by atoms with van der Waals surface area (Å²) in [4.78, 5) is 25.1. The third-order valence-electron chi connectivity index (χ3n) is 4.75. The second-order valence-electron chi connectivity index (χ2n) is 6.74. The first-order valence-corrected chi connectivity index (χ1v) is 8.86. The molecule has 7 heteroatoms. The van der Waals surface area contributed by atoms with Crippen LogP contribution >= 0.6 is 0 Å². The summed E-state index contributed by atoms with van der Waals surface area (Å²) < 4.78 is 6.64. The van der Waals surface area contributed by atoms with E-state index in [2.05, 4.69) is 15.6 Å². The summed E-state index contributed by atoms with van der Waals surface area (Å²) >= 11 is 0. The van der Waals surface area contributed by atoms with Crippen molar-refractivity contribution in [2.75, 3.05) is 0 Å². The Labute approximate surface area is 150 Å². The fourth-order valence-corrected chi connectivity index (χ4v) is 3.42. The van der Waals surface area contributed by atoms with Gasteiger partial charge in [-0.2, -0.15) is 5.10 Å². The van der Waals surface area contributed by atoms with Crippen molar-refractivity contribution in [2.24, 2.45) is 0 Å². The molecule has 1 aromatic carbocycles. The van der Waals surface area contributed by atoms with Gasteiger partial charge in [0.2, 0.25) is 5.76 Å². The lowest BCUT2D eigenvalue weighted by Gasteiger charge is -2.15. The number of aryl methyl sites for hydroxylation is 1. The predicted molar refractivity (Wildman–Crippen MR) is 96.1 cm³/mol. The molecule has 2 heterocycles. The Kier molecular flexibility index (Phi) is 4.28. The average molecular weight is 352 g/mol. The number of nitrogens with one attached hydrogen (secondary N) is 1. The molecule has 4 rings (SSSR count). The van der Waals surface area contributed by atoms with E-state index in [1.807, 2.05) is 25.1 Å². The van der Waals surface area contributed by atoms with Crippen LogP contribution < -0.4 is 10.9 Å². The van der Waals surface area contributed by atoms with Gasteiger partial charge in [-0.05, 0) is 38.7 Å². The van der Waals surface area contributed by atoms with E-state index in [0.29, 0.717) is 11.1 Å². The van der Waals surface area contributed by atoms with Crippen LogP contribution in [0.25, 0.3) is 10.8 Å². The molecule has 0 aliphatic heterocycles. The number of carbonyl (C=O) groups excluding carboxylic acids is 1. The molecular weight excluding hydrogens is 332 g/mol. The molecule has 2 aromatic heterocycles. The van der Waals surface area contributed by atoms with Gasteiger partial charge in [-0.1, -0.05) is 23.4 Å². The van der Waals surface area contributed by atoms with Crippen LogP contribution in [0, 0.1) is 0 Å². The van der Waals surface area contributed by atoms with Crippen molar-refractivity contribution in [3.05, 3.63) is 57.8 Å². The maximum atomic E-state index is 12.5. The summed E-state index contributed by atoms with van der Waals surface area (Å²) in [5, 5.41) is 12.5. The third-order valence-corrected chi connectivity index (χ3v) is 4.75. The highest BCUT2D eigenvalue weighted by Gasteiger charge is 2.25. The molecule has 0 radical (unpaired) electrons. The average Bonchev–Trinajstić information content (AvgIpc) is 3.08. The Bertz CT molecular complexity index is 1020. The van der Waals surface area contributed by atoms with E-state index in [9.17, 15) is 9.59 Å². The van der Waals surface area contributed by atoms with Gasteiger partial charge in [0.1, 0.15) is 0 Å². The number of amides is 1. The van der Waals surface area contributed by atoms with Crippen molar-refractivity contribution in [1.29, 1.82) is 0 Å². The highest BCUT2D eigenvalue weighted by atomic mass is 16.5. The van der Waals surface area contributed by atoms with E-state index >= 15 is 0 Å². The molecule has 0 spiro atoms. The molecular formula is C19H20N4O3. The van der Waals surface area contributed by atoms with Gasteiger partial charge in [0.05, 0.1) is 23.8 Å². The lowest BCUT2D eigenvalue weighted by Crippen LogP contribution is -2.39. The van der Waals surface area contributed by atoms with Crippen molar-refractivity contribution >= 4 is 16.7 Å². The fraction of sp³-hybridized carbons (Fsp3) is 0.368. The third kappa shape index (κ3) is 3.00. The summed E-state index contributed by atoms with van der Waals surface area (Å²) in [7, 11) is 0. The Morgan fingerprint density at radius 3 is 3.00 bits per heavy atom. The zero-order valence-corrected chi connectivity index (χ0v) is 14.6. The van der Waals surface area contributed by atoms with Crippen LogP contribution in [0.4, 0.5) is 0 Å². The second-order valence-corrected chi connectivity index (χ2v) is 6.74. The van der Waals surface area contributed by atoms with E-state index in [1.165, 1.54) is 4.68 Å². The number of benzene rings is 1. The van der Waals surface area contributed by atoms with Gasteiger partial charge in [0.25, 0.3) is 11.5 Å². The number of carbonyl (C=O) groups is 1. The van der Waals surface area contributed by atoms with E-state index in [1.54, 1.807) is 12.3 Å². The minimum atomic E-state index is -0.290. The number of hydrogen-bond acceptors (Lipinski definition) is 5. The smallest absolute Gasteiger partial charge is 0.290 e. The largest absolute Gasteiger partial charge is 0.350 e. The van der Waals surface area contributed by atoms with Crippen LogP contribution in [-0.2, 0) is 19.4 Å². The fourth-order valence-electron chi connectivity index (χ4n) is 3.42. The van der Waals surface area contributed by atoms with Gasteiger partial charge < -0.3 is 9.84 Å². The Balaban J connectivity index is 1.50. The van der Waals surface area contributed by atoms with Crippen molar-refractivity contribution in [2.45, 2.75) is 45.2 Å². The minimum Gasteiger partial charge on any atom is -0.350 e. The molecule has 0 fully saturated rings. The van der Waals surface area contributed by atoms with Crippen molar-refractivity contribution in [1.82, 2.24) is 20.3 Å². The van der Waals surface area contributed by atoms with E-state index in [-0.39, 0.29) is 24.1 Å². The number of aromatic nitrogens is 3. The van der Waals surface area contributed by atoms with Gasteiger partial charge in [0.15, 0.2) is 0 Å². The molecule has 0 bridgehead atoms. The Morgan fingerprint density at radius 1 is 1.31 bits per heavy atom. The molecule has 1 N–H and O–H groups in total. The monoisotopic (exact) mass is 352 g/mol. The maximum absolute atomic E-state index is 12.5. The highest BCUT2D eigenvalue weighted by molar-refractivity contribution is 5.93. The predicted octanol–water partition coefficient (Wildman–Crippen LogP) is 2.08. The number of rotatable bonds is 4. The summed E-state index contributed by atoms with van der Waals surface area (Å²) in [6.45, 7) is 2.12. The molecule has 26 heavy (non-hydrogen) atoms. The van der Waals surface area contributed by atoms with Gasteiger partial charge in [-0.15, -0.1) is 0 Å². The van der Waals surface area contributed by atoms with Crippen LogP contribution in [0.2, 0.25) is 0 Å². The van der Waals surface area contributed by atoms with Crippen molar-refractivity contribution in [3.63, 3.8) is 0 Å². The summed E-state index contributed by atoms with van der Waals surface area (Å²) in [5.74, 6) is 0.00681. The molecule has 0 saturated carbocycles. The van der Waals surface area contributed by atoms with Gasteiger partial charge in [-0.25, -0.2) is 4.68 Å². The van der Waals surface area contributed by atoms with Gasteiger partial charge in [-0.3, -0.25) is 9.59 Å². The van der Waals surface area contributed by atoms with Gasteiger partial charge in [0, 0.05) is 17.0 Å². The molecule has 1 unspecified atom stereocenters. The normalized spacial score (nSPS) is 14.8. The van der Waals surface area contributed by atoms with Crippen LogP contribution in [0.5, 0.6) is 0 Å². The molecule has 134 valence electrons. The molecule has 1 aliphatic carbocycles. The topological polar surface area (TPSA) is 90.0 Å². The Morgan fingerprint density at radius 2 is 2.12 bits per heavy atom. The van der Waals surface area contributed by atoms with Crippen molar-refractivity contribution < 1.29 is 9.32 Å². The standard InChI is InChI=1S/C19H20N4O3/c1-12(11-23-19(25)14-7-3-2-6-13(14)10-20-23)21-18(24)17-15-8-4-5-9-16(15)22-26-17/h2-3,6-7,10,12H,4-5,8-9,11H2,1H3,(H,21,24). The van der Waals surface area contributed by atoms with E-state index < -0.39 is 0 Å². The van der Waals surface area contributed by atoms with Crippen molar-refractivity contribution in [3.8, 4) is 0 Å². The molecule has 7 nitrogen and oxygen atoms in total. The quantitative estimate of drug-likeness (QED) is 0.776. The van der Waals surface area contributed by atoms with Crippen LogP contribution in [0.15, 0.2) is 39.8 Å². The Hall–Kier alpha value is -2.96. The molecule has 1 amide bonds. The van der Waals surface area contributed by atoms with Crippen LogP contribution in [0.1, 0.15) is 41.6 Å². The van der Waals surface area contributed by atoms with Crippen LogP contribution in [0.3, 0.4) is 0 Å². The molecule has 3 aromatic rings. The summed E-state index contributed by atoms with van der Waals surface area (Å²) in [6.07, 6.45) is 5.46. The SMILES string of the molecule is CC(Cn1ncc2ccccc2c1=O)NC(=O)c1onc2c1CCCC2. The molecule has 0 saturated heterocycles. The van der Waals surface area contributed by atoms with E-state index in [4.69, 9.17) is 4.52 Å². The summed E-state index contributed by atoms with van der Waals surface area (Å²) in [6, 6.07) is 7.05. The first kappa shape index (κ1) is 16.5. The second kappa shape index (κ2) is 6.74.